The number of unbranched alkanes of at least 4 members (excludes halogenated alkanes) is 8. The number of hydrogen-bond donors (Lipinski definition) is 0. The Labute approximate surface area is 132 Å². The number of carbonyl (C=O) groups excluding carboxylic acids is 1. The molecule has 2 nitrogen and oxygen atoms in total. The van der Waals surface area contributed by atoms with Gasteiger partial charge in [-0.05, 0) is 32.1 Å². The van der Waals surface area contributed by atoms with E-state index in [4.69, 9.17) is 4.74 Å². The molecule has 0 aromatic rings. The van der Waals surface area contributed by atoms with Gasteiger partial charge in [-0.15, -0.1) is 0 Å². The standard InChI is InChI=1S/C19H36O2/c1-3-5-6-7-8-9-10-11-12-14-18(13-4-2)21-19(20)17-15-16-17/h17-18H,3-16H2,1-2H3. The molecule has 1 unspecified atom stereocenters. The second kappa shape index (κ2) is 12.1. The predicted octanol–water partition coefficient (Wildman–Crippen LogP) is 6.03. The van der Waals surface area contributed by atoms with E-state index < -0.39 is 0 Å². The number of rotatable bonds is 14. The number of hydrogen-bond acceptors (Lipinski definition) is 2. The molecule has 0 heterocycles. The summed E-state index contributed by atoms with van der Waals surface area (Å²) in [5.74, 6) is 0.317. The van der Waals surface area contributed by atoms with Crippen molar-refractivity contribution in [3.05, 3.63) is 0 Å². The lowest BCUT2D eigenvalue weighted by atomic mass is 10.0. The summed E-state index contributed by atoms with van der Waals surface area (Å²) >= 11 is 0. The summed E-state index contributed by atoms with van der Waals surface area (Å²) in [4.78, 5) is 11.7. The molecule has 1 aliphatic carbocycles. The van der Waals surface area contributed by atoms with Crippen molar-refractivity contribution >= 4 is 5.97 Å². The minimum atomic E-state index is 0.0735. The Morgan fingerprint density at radius 1 is 0.857 bits per heavy atom. The highest BCUT2D eigenvalue weighted by molar-refractivity contribution is 5.75. The normalized spacial score (nSPS) is 15.9. The van der Waals surface area contributed by atoms with Crippen molar-refractivity contribution in [2.24, 2.45) is 5.92 Å². The van der Waals surface area contributed by atoms with Crippen LogP contribution >= 0.6 is 0 Å². The summed E-state index contributed by atoms with van der Waals surface area (Å²) < 4.78 is 5.65. The average molecular weight is 296 g/mol. The lowest BCUT2D eigenvalue weighted by Gasteiger charge is -2.17. The smallest absolute Gasteiger partial charge is 0.309 e. The average Bonchev–Trinajstić information content (AvgIpc) is 3.30. The van der Waals surface area contributed by atoms with Gasteiger partial charge in [-0.25, -0.2) is 0 Å². The number of ether oxygens (including phenoxy) is 1. The van der Waals surface area contributed by atoms with Crippen LogP contribution in [0.3, 0.4) is 0 Å². The van der Waals surface area contributed by atoms with Crippen LogP contribution in [0.5, 0.6) is 0 Å². The zero-order valence-electron chi connectivity index (χ0n) is 14.4. The fourth-order valence-electron chi connectivity index (χ4n) is 2.85. The molecule has 0 spiro atoms. The van der Waals surface area contributed by atoms with Crippen molar-refractivity contribution < 1.29 is 9.53 Å². The van der Waals surface area contributed by atoms with E-state index in [0.717, 1.165) is 32.1 Å². The van der Waals surface area contributed by atoms with Gasteiger partial charge >= 0.3 is 5.97 Å². The first-order valence-electron chi connectivity index (χ1n) is 9.48. The van der Waals surface area contributed by atoms with Gasteiger partial charge in [0.2, 0.25) is 0 Å². The van der Waals surface area contributed by atoms with Crippen LogP contribution in [-0.2, 0) is 9.53 Å². The SMILES string of the molecule is CCCCCCCCCCCC(CCC)OC(=O)C1CC1. The third-order valence-electron chi connectivity index (χ3n) is 4.43. The molecule has 1 aliphatic rings. The maximum atomic E-state index is 11.7. The Bertz CT molecular complexity index is 258. The second-order valence-corrected chi connectivity index (χ2v) is 6.74. The minimum absolute atomic E-state index is 0.0735. The molecule has 124 valence electrons. The summed E-state index contributed by atoms with van der Waals surface area (Å²) in [5, 5.41) is 0. The highest BCUT2D eigenvalue weighted by Gasteiger charge is 2.32. The molecule has 1 saturated carbocycles. The molecular formula is C19H36O2. The molecular weight excluding hydrogens is 260 g/mol. The fraction of sp³-hybridized carbons (Fsp3) is 0.947. The minimum Gasteiger partial charge on any atom is -0.462 e. The maximum Gasteiger partial charge on any atom is 0.309 e. The third kappa shape index (κ3) is 9.92. The molecule has 0 saturated heterocycles. The van der Waals surface area contributed by atoms with Crippen molar-refractivity contribution in [1.82, 2.24) is 0 Å². The van der Waals surface area contributed by atoms with E-state index in [1.165, 1.54) is 57.8 Å². The van der Waals surface area contributed by atoms with Crippen molar-refractivity contribution in [2.45, 2.75) is 110 Å². The summed E-state index contributed by atoms with van der Waals surface area (Å²) in [7, 11) is 0. The van der Waals surface area contributed by atoms with Crippen LogP contribution in [0.2, 0.25) is 0 Å². The van der Waals surface area contributed by atoms with E-state index in [-0.39, 0.29) is 18.0 Å². The molecule has 0 aromatic heterocycles. The lowest BCUT2D eigenvalue weighted by molar-refractivity contribution is -0.151. The molecule has 0 aromatic carbocycles. The van der Waals surface area contributed by atoms with Crippen LogP contribution in [-0.4, -0.2) is 12.1 Å². The van der Waals surface area contributed by atoms with Gasteiger partial charge in [0.25, 0.3) is 0 Å². The van der Waals surface area contributed by atoms with Gasteiger partial charge < -0.3 is 4.74 Å². The second-order valence-electron chi connectivity index (χ2n) is 6.74. The highest BCUT2D eigenvalue weighted by atomic mass is 16.5. The van der Waals surface area contributed by atoms with E-state index in [0.29, 0.717) is 0 Å². The number of carbonyl (C=O) groups is 1. The summed E-state index contributed by atoms with van der Waals surface area (Å²) in [6.45, 7) is 4.44. The van der Waals surface area contributed by atoms with Gasteiger partial charge in [0.15, 0.2) is 0 Å². The first kappa shape index (κ1) is 18.5. The number of esters is 1. The van der Waals surface area contributed by atoms with Crippen LogP contribution in [0.25, 0.3) is 0 Å². The fourth-order valence-corrected chi connectivity index (χ4v) is 2.85. The van der Waals surface area contributed by atoms with Crippen molar-refractivity contribution in [3.8, 4) is 0 Å². The monoisotopic (exact) mass is 296 g/mol. The summed E-state index contributed by atoms with van der Waals surface area (Å²) in [5.41, 5.74) is 0. The van der Waals surface area contributed by atoms with Crippen LogP contribution < -0.4 is 0 Å². The summed E-state index contributed by atoms with van der Waals surface area (Å²) in [6.07, 6.45) is 17.7. The molecule has 2 heteroatoms. The van der Waals surface area contributed by atoms with E-state index in [2.05, 4.69) is 13.8 Å². The predicted molar refractivity (Wildman–Crippen MR) is 89.4 cm³/mol. The van der Waals surface area contributed by atoms with Gasteiger partial charge in [-0.2, -0.15) is 0 Å². The maximum absolute atomic E-state index is 11.7. The van der Waals surface area contributed by atoms with Crippen LogP contribution in [0.15, 0.2) is 0 Å². The van der Waals surface area contributed by atoms with Gasteiger partial charge in [-0.1, -0.05) is 71.6 Å². The largest absolute Gasteiger partial charge is 0.462 e. The Kier molecular flexibility index (Phi) is 10.6. The van der Waals surface area contributed by atoms with Gasteiger partial charge in [0.05, 0.1) is 5.92 Å². The van der Waals surface area contributed by atoms with Crippen molar-refractivity contribution in [1.29, 1.82) is 0 Å². The summed E-state index contributed by atoms with van der Waals surface area (Å²) in [6, 6.07) is 0. The molecule has 0 radical (unpaired) electrons. The third-order valence-corrected chi connectivity index (χ3v) is 4.43. The van der Waals surface area contributed by atoms with E-state index in [1.54, 1.807) is 0 Å². The molecule has 0 amide bonds. The highest BCUT2D eigenvalue weighted by Crippen LogP contribution is 2.31. The first-order valence-corrected chi connectivity index (χ1v) is 9.48. The van der Waals surface area contributed by atoms with Gasteiger partial charge in [0.1, 0.15) is 6.10 Å². The Morgan fingerprint density at radius 2 is 1.43 bits per heavy atom. The zero-order chi connectivity index (χ0) is 15.3. The Hall–Kier alpha value is -0.530. The Balaban J connectivity index is 1.95. The van der Waals surface area contributed by atoms with Gasteiger partial charge in [-0.3, -0.25) is 4.79 Å². The van der Waals surface area contributed by atoms with Crippen LogP contribution in [0, 0.1) is 5.92 Å². The van der Waals surface area contributed by atoms with E-state index in [1.807, 2.05) is 0 Å². The molecule has 1 rings (SSSR count). The van der Waals surface area contributed by atoms with Gasteiger partial charge in [0, 0.05) is 0 Å². The topological polar surface area (TPSA) is 26.3 Å². The van der Waals surface area contributed by atoms with Crippen molar-refractivity contribution in [3.63, 3.8) is 0 Å². The molecule has 0 aliphatic heterocycles. The lowest BCUT2D eigenvalue weighted by Crippen LogP contribution is -2.19. The quantitative estimate of drug-likeness (QED) is 0.289. The van der Waals surface area contributed by atoms with Crippen molar-refractivity contribution in [2.75, 3.05) is 0 Å². The van der Waals surface area contributed by atoms with E-state index >= 15 is 0 Å². The van der Waals surface area contributed by atoms with E-state index in [9.17, 15) is 4.79 Å². The van der Waals surface area contributed by atoms with Crippen LogP contribution in [0.4, 0.5) is 0 Å². The molecule has 21 heavy (non-hydrogen) atoms. The zero-order valence-corrected chi connectivity index (χ0v) is 14.4. The molecule has 0 bridgehead atoms. The molecule has 1 fully saturated rings. The van der Waals surface area contributed by atoms with Crippen LogP contribution in [0.1, 0.15) is 104 Å². The molecule has 0 N–H and O–H groups in total. The molecule has 1 atom stereocenters. The Morgan fingerprint density at radius 3 is 1.95 bits per heavy atom. The first-order chi connectivity index (χ1) is 10.3.